The predicted octanol–water partition coefficient (Wildman–Crippen LogP) is 1.49. The molecular weight excluding hydrogens is 370 g/mol. The number of hydrogen-bond acceptors (Lipinski definition) is 4. The molecule has 1 aliphatic heterocycles. The third-order valence-electron chi connectivity index (χ3n) is 5.68. The molecule has 2 aromatic rings. The summed E-state index contributed by atoms with van der Waals surface area (Å²) in [6.45, 7) is 2.60. The lowest BCUT2D eigenvalue weighted by molar-refractivity contribution is -0.125. The second-order valence-electron chi connectivity index (χ2n) is 8.23. The number of amides is 3. The summed E-state index contributed by atoms with van der Waals surface area (Å²) < 4.78 is 0. The summed E-state index contributed by atoms with van der Waals surface area (Å²) in [5.41, 5.74) is 1.49. The normalized spacial score (nSPS) is 20.9. The van der Waals surface area contributed by atoms with Gasteiger partial charge in [0.1, 0.15) is 6.04 Å². The molecule has 2 fully saturated rings. The molecule has 1 aliphatic carbocycles. The molecule has 3 amide bonds. The highest BCUT2D eigenvalue weighted by Crippen LogP contribution is 2.33. The largest absolute Gasteiger partial charge is 0.356 e. The maximum Gasteiger partial charge on any atom is 0.287 e. The van der Waals surface area contributed by atoms with Crippen molar-refractivity contribution in [3.05, 3.63) is 30.1 Å². The summed E-state index contributed by atoms with van der Waals surface area (Å²) in [6.07, 6.45) is 4.19. The molecule has 1 saturated heterocycles. The first kappa shape index (κ1) is 19.4. The molecule has 0 radical (unpaired) electrons. The van der Waals surface area contributed by atoms with Gasteiger partial charge in [0.25, 0.3) is 5.91 Å². The number of carbonyl (C=O) groups is 3. The number of fused-ring (bicyclic) bond motifs is 1. The molecule has 0 spiro atoms. The maximum absolute atomic E-state index is 12.9. The molecule has 3 unspecified atom stereocenters. The van der Waals surface area contributed by atoms with Crippen LogP contribution in [-0.2, 0) is 9.59 Å². The highest BCUT2D eigenvalue weighted by atomic mass is 16.2. The van der Waals surface area contributed by atoms with Gasteiger partial charge < -0.3 is 20.9 Å². The number of imidazole rings is 1. The third kappa shape index (κ3) is 4.75. The summed E-state index contributed by atoms with van der Waals surface area (Å²) in [4.78, 5) is 44.6. The van der Waals surface area contributed by atoms with E-state index in [-0.39, 0.29) is 35.5 Å². The lowest BCUT2D eigenvalue weighted by Crippen LogP contribution is -2.50. The lowest BCUT2D eigenvalue weighted by Gasteiger charge is -2.22. The Morgan fingerprint density at radius 3 is 2.66 bits per heavy atom. The van der Waals surface area contributed by atoms with Gasteiger partial charge >= 0.3 is 0 Å². The molecule has 8 nitrogen and oxygen atoms in total. The van der Waals surface area contributed by atoms with Gasteiger partial charge in [0, 0.05) is 18.5 Å². The maximum atomic E-state index is 12.9. The first-order valence-electron chi connectivity index (χ1n) is 10.3. The van der Waals surface area contributed by atoms with Gasteiger partial charge in [0.05, 0.1) is 11.0 Å². The molecule has 1 aromatic heterocycles. The van der Waals surface area contributed by atoms with Crippen molar-refractivity contribution in [3.63, 3.8) is 0 Å². The summed E-state index contributed by atoms with van der Waals surface area (Å²) in [6, 6.07) is 6.67. The van der Waals surface area contributed by atoms with E-state index < -0.39 is 6.04 Å². The molecule has 2 aliphatic rings. The van der Waals surface area contributed by atoms with Crippen LogP contribution in [0.25, 0.3) is 11.0 Å². The van der Waals surface area contributed by atoms with Gasteiger partial charge in [-0.2, -0.15) is 0 Å². The Labute approximate surface area is 169 Å². The molecule has 0 bridgehead atoms. The second-order valence-corrected chi connectivity index (χ2v) is 8.23. The minimum absolute atomic E-state index is 0.0545. The molecular formula is C21H27N5O3. The topological polar surface area (TPSA) is 116 Å². The zero-order valence-electron chi connectivity index (χ0n) is 16.5. The van der Waals surface area contributed by atoms with Gasteiger partial charge in [-0.1, -0.05) is 25.0 Å². The van der Waals surface area contributed by atoms with E-state index in [9.17, 15) is 14.4 Å². The van der Waals surface area contributed by atoms with Gasteiger partial charge in [0.15, 0.2) is 5.82 Å². The number of aromatic nitrogens is 2. The number of aromatic amines is 1. The van der Waals surface area contributed by atoms with Crippen molar-refractivity contribution in [1.29, 1.82) is 0 Å². The predicted molar refractivity (Wildman–Crippen MR) is 108 cm³/mol. The summed E-state index contributed by atoms with van der Waals surface area (Å²) in [7, 11) is 0. The molecule has 2 heterocycles. The van der Waals surface area contributed by atoms with Gasteiger partial charge in [-0.15, -0.1) is 0 Å². The number of para-hydroxylation sites is 2. The molecule has 154 valence electrons. The van der Waals surface area contributed by atoms with Crippen molar-refractivity contribution in [3.8, 4) is 0 Å². The van der Waals surface area contributed by atoms with Crippen LogP contribution in [0, 0.1) is 11.8 Å². The second kappa shape index (κ2) is 8.23. The Morgan fingerprint density at radius 1 is 1.17 bits per heavy atom. The standard InChI is InChI=1S/C21H27N5O3/c1-12(10-14-8-9-22-19(14)27)23-20(28)17(11-13-6-7-13)26-21(29)18-24-15-4-2-3-5-16(15)25-18/h2-5,12-14,17H,6-11H2,1H3,(H,22,27)(H,23,28)(H,24,25)(H,26,29). The molecule has 1 saturated carbocycles. The highest BCUT2D eigenvalue weighted by Gasteiger charge is 2.32. The van der Waals surface area contributed by atoms with Crippen molar-refractivity contribution < 1.29 is 14.4 Å². The van der Waals surface area contributed by atoms with Crippen LogP contribution in [0.2, 0.25) is 0 Å². The van der Waals surface area contributed by atoms with E-state index in [4.69, 9.17) is 0 Å². The Hall–Kier alpha value is -2.90. The minimum Gasteiger partial charge on any atom is -0.356 e. The summed E-state index contributed by atoms with van der Waals surface area (Å²) >= 11 is 0. The fraction of sp³-hybridized carbons (Fsp3) is 0.524. The number of nitrogens with zero attached hydrogens (tertiary/aromatic N) is 1. The fourth-order valence-electron chi connectivity index (χ4n) is 3.90. The van der Waals surface area contributed by atoms with E-state index in [0.29, 0.717) is 30.8 Å². The van der Waals surface area contributed by atoms with Crippen LogP contribution < -0.4 is 16.0 Å². The number of nitrogens with one attached hydrogen (secondary N) is 4. The van der Waals surface area contributed by atoms with Crippen molar-refractivity contribution in [2.24, 2.45) is 11.8 Å². The van der Waals surface area contributed by atoms with Crippen LogP contribution in [0.1, 0.15) is 49.6 Å². The Morgan fingerprint density at radius 2 is 1.97 bits per heavy atom. The minimum atomic E-state index is -0.608. The lowest BCUT2D eigenvalue weighted by atomic mass is 9.99. The first-order valence-corrected chi connectivity index (χ1v) is 10.3. The average molecular weight is 397 g/mol. The van der Waals surface area contributed by atoms with Gasteiger partial charge in [-0.25, -0.2) is 4.98 Å². The van der Waals surface area contributed by atoms with Crippen molar-refractivity contribution in [2.45, 2.75) is 51.1 Å². The fourth-order valence-corrected chi connectivity index (χ4v) is 3.90. The molecule has 4 rings (SSSR count). The average Bonchev–Trinajstić information content (AvgIpc) is 3.26. The number of hydrogen-bond donors (Lipinski definition) is 4. The SMILES string of the molecule is CC(CC1CCNC1=O)NC(=O)C(CC1CC1)NC(=O)c1nc2ccccc2[nH]1. The van der Waals surface area contributed by atoms with E-state index >= 15 is 0 Å². The number of benzene rings is 1. The van der Waals surface area contributed by atoms with E-state index in [1.807, 2.05) is 31.2 Å². The number of carbonyl (C=O) groups excluding carboxylic acids is 3. The van der Waals surface area contributed by atoms with E-state index in [1.54, 1.807) is 0 Å². The zero-order valence-corrected chi connectivity index (χ0v) is 16.5. The molecule has 3 atom stereocenters. The van der Waals surface area contributed by atoms with Crippen LogP contribution in [0.3, 0.4) is 0 Å². The Bertz CT molecular complexity index is 887. The van der Waals surface area contributed by atoms with Crippen molar-refractivity contribution in [1.82, 2.24) is 25.9 Å². The Balaban J connectivity index is 1.38. The summed E-state index contributed by atoms with van der Waals surface area (Å²) in [5.74, 6) is 0.0846. The first-order chi connectivity index (χ1) is 14.0. The van der Waals surface area contributed by atoms with Crippen LogP contribution in [0.15, 0.2) is 24.3 Å². The third-order valence-corrected chi connectivity index (χ3v) is 5.68. The molecule has 29 heavy (non-hydrogen) atoms. The Kier molecular flexibility index (Phi) is 5.51. The molecule has 4 N–H and O–H groups in total. The highest BCUT2D eigenvalue weighted by molar-refractivity contribution is 5.97. The molecule has 8 heteroatoms. The van der Waals surface area contributed by atoms with Gasteiger partial charge in [0.2, 0.25) is 11.8 Å². The summed E-state index contributed by atoms with van der Waals surface area (Å²) in [5, 5.41) is 8.65. The van der Waals surface area contributed by atoms with E-state index in [0.717, 1.165) is 24.8 Å². The van der Waals surface area contributed by atoms with Crippen LogP contribution in [0.5, 0.6) is 0 Å². The quantitative estimate of drug-likeness (QED) is 0.540. The van der Waals surface area contributed by atoms with Gasteiger partial charge in [-0.3, -0.25) is 14.4 Å². The van der Waals surface area contributed by atoms with Gasteiger partial charge in [-0.05, 0) is 44.2 Å². The van der Waals surface area contributed by atoms with Crippen LogP contribution in [-0.4, -0.2) is 46.3 Å². The van der Waals surface area contributed by atoms with Crippen LogP contribution >= 0.6 is 0 Å². The number of rotatable bonds is 8. The smallest absolute Gasteiger partial charge is 0.287 e. The van der Waals surface area contributed by atoms with Crippen molar-refractivity contribution in [2.75, 3.05) is 6.54 Å². The van der Waals surface area contributed by atoms with Crippen molar-refractivity contribution >= 4 is 28.8 Å². The van der Waals surface area contributed by atoms with E-state index in [2.05, 4.69) is 25.9 Å². The monoisotopic (exact) mass is 397 g/mol. The number of H-pyrrole nitrogens is 1. The van der Waals surface area contributed by atoms with E-state index in [1.165, 1.54) is 0 Å². The zero-order chi connectivity index (χ0) is 20.4. The molecule has 1 aromatic carbocycles. The van der Waals surface area contributed by atoms with Crippen LogP contribution in [0.4, 0.5) is 0 Å².